The number of hydrogen-bond donors (Lipinski definition) is 1. The van der Waals surface area contributed by atoms with E-state index in [0.29, 0.717) is 18.1 Å². The molecule has 2 unspecified atom stereocenters. The number of rotatable bonds is 7. The zero-order valence-electron chi connectivity index (χ0n) is 11.2. The van der Waals surface area contributed by atoms with Gasteiger partial charge in [0.25, 0.3) is 0 Å². The maximum atomic E-state index is 10.6. The molecule has 102 valence electrons. The molecule has 1 heterocycles. The molecule has 0 amide bonds. The number of carboxylic acid groups (broad SMARTS) is 1. The molecular weight excluding hydrogens is 236 g/mol. The quantitative estimate of drug-likeness (QED) is 0.803. The van der Waals surface area contributed by atoms with Gasteiger partial charge in [0.05, 0.1) is 0 Å². The molecule has 0 fully saturated rings. The monoisotopic (exact) mass is 256 g/mol. The van der Waals surface area contributed by atoms with E-state index in [1.807, 2.05) is 20.8 Å². The lowest BCUT2D eigenvalue weighted by Crippen LogP contribution is -2.11. The first kappa shape index (κ1) is 14.6. The summed E-state index contributed by atoms with van der Waals surface area (Å²) < 4.78 is 10.4. The van der Waals surface area contributed by atoms with Crippen molar-refractivity contribution < 1.29 is 19.2 Å². The SMILES string of the molecule is COC(c1noc(CC(C)CC(=O)O)n1)C(C)C. The van der Waals surface area contributed by atoms with Crippen LogP contribution >= 0.6 is 0 Å². The molecule has 0 aliphatic carbocycles. The van der Waals surface area contributed by atoms with E-state index in [-0.39, 0.29) is 24.4 Å². The molecule has 18 heavy (non-hydrogen) atoms. The van der Waals surface area contributed by atoms with Crippen LogP contribution in [0.1, 0.15) is 45.0 Å². The predicted octanol–water partition coefficient (Wildman–Crippen LogP) is 2.07. The second-order valence-corrected chi connectivity index (χ2v) is 4.85. The van der Waals surface area contributed by atoms with Gasteiger partial charge < -0.3 is 14.4 Å². The first-order valence-electron chi connectivity index (χ1n) is 6.01. The second-order valence-electron chi connectivity index (χ2n) is 4.85. The summed E-state index contributed by atoms with van der Waals surface area (Å²) in [7, 11) is 1.60. The zero-order valence-corrected chi connectivity index (χ0v) is 11.2. The molecule has 0 bridgehead atoms. The number of aliphatic carboxylic acids is 1. The maximum absolute atomic E-state index is 10.6. The van der Waals surface area contributed by atoms with Crippen molar-refractivity contribution in [3.63, 3.8) is 0 Å². The molecule has 1 rings (SSSR count). The number of ether oxygens (including phenoxy) is 1. The van der Waals surface area contributed by atoms with Crippen molar-refractivity contribution in [1.29, 1.82) is 0 Å². The van der Waals surface area contributed by atoms with Crippen molar-refractivity contribution >= 4 is 5.97 Å². The molecule has 0 aliphatic heterocycles. The molecular formula is C12H20N2O4. The molecule has 6 heteroatoms. The van der Waals surface area contributed by atoms with Gasteiger partial charge in [-0.15, -0.1) is 0 Å². The van der Waals surface area contributed by atoms with Crippen molar-refractivity contribution in [2.24, 2.45) is 11.8 Å². The van der Waals surface area contributed by atoms with E-state index in [1.165, 1.54) is 0 Å². The van der Waals surface area contributed by atoms with E-state index in [0.717, 1.165) is 0 Å². The highest BCUT2D eigenvalue weighted by molar-refractivity contribution is 5.66. The summed E-state index contributed by atoms with van der Waals surface area (Å²) in [6, 6.07) is 0. The van der Waals surface area contributed by atoms with E-state index in [9.17, 15) is 4.79 Å². The van der Waals surface area contributed by atoms with Gasteiger partial charge in [-0.25, -0.2) is 0 Å². The van der Waals surface area contributed by atoms with Crippen molar-refractivity contribution in [2.45, 2.75) is 39.7 Å². The minimum absolute atomic E-state index is 0.0316. The molecule has 1 aromatic heterocycles. The summed E-state index contributed by atoms with van der Waals surface area (Å²) in [5.74, 6) is 0.374. The number of aromatic nitrogens is 2. The van der Waals surface area contributed by atoms with Crippen LogP contribution in [-0.2, 0) is 16.0 Å². The van der Waals surface area contributed by atoms with Crippen LogP contribution in [0.3, 0.4) is 0 Å². The first-order chi connectivity index (χ1) is 8.43. The minimum atomic E-state index is -0.820. The van der Waals surface area contributed by atoms with E-state index >= 15 is 0 Å². The lowest BCUT2D eigenvalue weighted by molar-refractivity contribution is -0.137. The molecule has 0 saturated carbocycles. The van der Waals surface area contributed by atoms with Crippen LogP contribution in [0.25, 0.3) is 0 Å². The highest BCUT2D eigenvalue weighted by Crippen LogP contribution is 2.23. The molecule has 6 nitrogen and oxygen atoms in total. The third-order valence-corrected chi connectivity index (χ3v) is 2.64. The van der Waals surface area contributed by atoms with Crippen LogP contribution in [0.4, 0.5) is 0 Å². The van der Waals surface area contributed by atoms with Crippen LogP contribution in [0.15, 0.2) is 4.52 Å². The fourth-order valence-electron chi connectivity index (χ4n) is 1.81. The van der Waals surface area contributed by atoms with E-state index in [1.54, 1.807) is 7.11 Å². The second kappa shape index (κ2) is 6.49. The molecule has 0 spiro atoms. The van der Waals surface area contributed by atoms with Gasteiger partial charge in [-0.1, -0.05) is 25.9 Å². The minimum Gasteiger partial charge on any atom is -0.481 e. The number of hydrogen-bond acceptors (Lipinski definition) is 5. The van der Waals surface area contributed by atoms with E-state index in [2.05, 4.69) is 10.1 Å². The smallest absolute Gasteiger partial charge is 0.303 e. The number of carboxylic acids is 1. The Kier molecular flexibility index (Phi) is 5.27. The molecule has 1 N–H and O–H groups in total. The molecule has 0 radical (unpaired) electrons. The van der Waals surface area contributed by atoms with Crippen molar-refractivity contribution in [3.8, 4) is 0 Å². The molecule has 0 aliphatic rings. The normalized spacial score (nSPS) is 14.7. The standard InChI is InChI=1S/C12H20N2O4/c1-7(2)11(17-4)12-13-9(18-14-12)5-8(3)6-10(15)16/h7-8,11H,5-6H2,1-4H3,(H,15,16). The van der Waals surface area contributed by atoms with Crippen LogP contribution in [-0.4, -0.2) is 28.3 Å². The first-order valence-corrected chi connectivity index (χ1v) is 6.01. The molecule has 1 aromatic rings. The van der Waals surface area contributed by atoms with Crippen molar-refractivity contribution in [2.75, 3.05) is 7.11 Å². The van der Waals surface area contributed by atoms with Crippen molar-refractivity contribution in [3.05, 3.63) is 11.7 Å². The fourth-order valence-corrected chi connectivity index (χ4v) is 1.81. The fraction of sp³-hybridized carbons (Fsp3) is 0.750. The Morgan fingerprint density at radius 1 is 1.44 bits per heavy atom. The molecule has 2 atom stereocenters. The Balaban J connectivity index is 2.65. The molecule has 0 saturated heterocycles. The Morgan fingerprint density at radius 2 is 2.11 bits per heavy atom. The third-order valence-electron chi connectivity index (χ3n) is 2.64. The number of nitrogens with zero attached hydrogens (tertiary/aromatic N) is 2. The van der Waals surface area contributed by atoms with Gasteiger partial charge in [0.1, 0.15) is 6.10 Å². The van der Waals surface area contributed by atoms with Crippen LogP contribution < -0.4 is 0 Å². The number of carbonyl (C=O) groups is 1. The van der Waals surface area contributed by atoms with Crippen molar-refractivity contribution in [1.82, 2.24) is 10.1 Å². The van der Waals surface area contributed by atoms with Gasteiger partial charge in [-0.05, 0) is 11.8 Å². The van der Waals surface area contributed by atoms with Gasteiger partial charge in [-0.2, -0.15) is 4.98 Å². The summed E-state index contributed by atoms with van der Waals surface area (Å²) in [6.45, 7) is 5.86. The average molecular weight is 256 g/mol. The maximum Gasteiger partial charge on any atom is 0.303 e. The van der Waals surface area contributed by atoms with Crippen LogP contribution in [0, 0.1) is 11.8 Å². The molecule has 0 aromatic carbocycles. The summed E-state index contributed by atoms with van der Waals surface area (Å²) in [5.41, 5.74) is 0. The van der Waals surface area contributed by atoms with Crippen LogP contribution in [0.5, 0.6) is 0 Å². The van der Waals surface area contributed by atoms with Gasteiger partial charge in [-0.3, -0.25) is 4.79 Å². The Hall–Kier alpha value is -1.43. The third kappa shape index (κ3) is 4.10. The summed E-state index contributed by atoms with van der Waals surface area (Å²) >= 11 is 0. The van der Waals surface area contributed by atoms with Gasteiger partial charge in [0.15, 0.2) is 0 Å². The Labute approximate surface area is 106 Å². The van der Waals surface area contributed by atoms with Gasteiger partial charge in [0.2, 0.25) is 11.7 Å². The average Bonchev–Trinajstić information content (AvgIpc) is 2.65. The predicted molar refractivity (Wildman–Crippen MR) is 64.0 cm³/mol. The topological polar surface area (TPSA) is 85.5 Å². The lowest BCUT2D eigenvalue weighted by Gasteiger charge is -2.14. The highest BCUT2D eigenvalue weighted by Gasteiger charge is 2.22. The highest BCUT2D eigenvalue weighted by atomic mass is 16.5. The van der Waals surface area contributed by atoms with Gasteiger partial charge >= 0.3 is 5.97 Å². The van der Waals surface area contributed by atoms with Crippen LogP contribution in [0.2, 0.25) is 0 Å². The van der Waals surface area contributed by atoms with E-state index in [4.69, 9.17) is 14.4 Å². The number of methoxy groups -OCH3 is 1. The van der Waals surface area contributed by atoms with E-state index < -0.39 is 5.97 Å². The van der Waals surface area contributed by atoms with Gasteiger partial charge in [0, 0.05) is 20.0 Å². The summed E-state index contributed by atoms with van der Waals surface area (Å²) in [5, 5.41) is 12.6. The summed E-state index contributed by atoms with van der Waals surface area (Å²) in [4.78, 5) is 14.8. The zero-order chi connectivity index (χ0) is 13.7. The Bertz CT molecular complexity index is 389. The lowest BCUT2D eigenvalue weighted by atomic mass is 10.0. The summed E-state index contributed by atoms with van der Waals surface area (Å²) in [6.07, 6.45) is 0.362. The largest absolute Gasteiger partial charge is 0.481 e. The Morgan fingerprint density at radius 3 is 2.61 bits per heavy atom.